The lowest BCUT2D eigenvalue weighted by Crippen LogP contribution is -2.44. The molecule has 1 saturated heterocycles. The summed E-state index contributed by atoms with van der Waals surface area (Å²) in [6.45, 7) is 1.74. The van der Waals surface area contributed by atoms with E-state index in [2.05, 4.69) is 20.2 Å². The van der Waals surface area contributed by atoms with Gasteiger partial charge in [0.2, 0.25) is 0 Å². The summed E-state index contributed by atoms with van der Waals surface area (Å²) in [6, 6.07) is 2.40. The second-order valence-corrected chi connectivity index (χ2v) is 4.09. The number of nitrogens with one attached hydrogen (secondary N) is 1. The van der Waals surface area contributed by atoms with Gasteiger partial charge in [-0.15, -0.1) is 0 Å². The van der Waals surface area contributed by atoms with Crippen LogP contribution in [0, 0.1) is 0 Å². The third kappa shape index (κ3) is 2.24. The summed E-state index contributed by atoms with van der Waals surface area (Å²) < 4.78 is 0. The van der Waals surface area contributed by atoms with Crippen molar-refractivity contribution in [1.29, 1.82) is 0 Å². The summed E-state index contributed by atoms with van der Waals surface area (Å²) >= 11 is 0. The molecule has 1 aliphatic rings. The van der Waals surface area contributed by atoms with E-state index in [-0.39, 0.29) is 0 Å². The number of nitrogens with zero attached hydrogens (tertiary/aromatic N) is 3. The van der Waals surface area contributed by atoms with E-state index in [1.165, 1.54) is 12.8 Å². The summed E-state index contributed by atoms with van der Waals surface area (Å²) in [5.74, 6) is 1.83. The van der Waals surface area contributed by atoms with Gasteiger partial charge in [-0.3, -0.25) is 0 Å². The number of rotatable bonds is 3. The maximum atomic E-state index is 5.80. The lowest BCUT2D eigenvalue weighted by molar-refractivity contribution is 0.462. The fraction of sp³-hybridized carbons (Fsp3) is 0.636. The van der Waals surface area contributed by atoms with Crippen LogP contribution in [0.5, 0.6) is 0 Å². The number of hydrogen-bond acceptors (Lipinski definition) is 5. The molecule has 0 spiro atoms. The molecule has 0 aromatic carbocycles. The van der Waals surface area contributed by atoms with Crippen LogP contribution in [0.15, 0.2) is 12.4 Å². The van der Waals surface area contributed by atoms with Crippen LogP contribution in [0.4, 0.5) is 11.6 Å². The minimum atomic E-state index is 0.424. The molecule has 0 amide bonds. The van der Waals surface area contributed by atoms with E-state index < -0.39 is 0 Å². The average Bonchev–Trinajstić information content (AvgIpc) is 2.38. The van der Waals surface area contributed by atoms with Crippen LogP contribution in [-0.4, -0.2) is 36.1 Å². The van der Waals surface area contributed by atoms with Crippen molar-refractivity contribution in [3.8, 4) is 0 Å². The Morgan fingerprint density at radius 1 is 1.50 bits per heavy atom. The molecule has 2 rings (SSSR count). The van der Waals surface area contributed by atoms with Crippen molar-refractivity contribution >= 4 is 11.6 Å². The quantitative estimate of drug-likeness (QED) is 0.791. The fourth-order valence-corrected chi connectivity index (χ4v) is 2.19. The summed E-state index contributed by atoms with van der Waals surface area (Å²) in [6.07, 6.45) is 5.25. The lowest BCUT2D eigenvalue weighted by Gasteiger charge is -2.35. The van der Waals surface area contributed by atoms with Gasteiger partial charge < -0.3 is 16.0 Å². The zero-order chi connectivity index (χ0) is 11.4. The van der Waals surface area contributed by atoms with Gasteiger partial charge in [-0.2, -0.15) is 0 Å². The molecule has 5 heteroatoms. The highest BCUT2D eigenvalue weighted by molar-refractivity contribution is 5.49. The largest absolute Gasteiger partial charge is 0.373 e. The maximum Gasteiger partial charge on any atom is 0.134 e. The molecule has 0 radical (unpaired) electrons. The highest BCUT2D eigenvalue weighted by Crippen LogP contribution is 2.23. The molecule has 2 heterocycles. The van der Waals surface area contributed by atoms with Gasteiger partial charge in [-0.05, 0) is 19.3 Å². The molecule has 3 N–H and O–H groups in total. The third-order valence-electron chi connectivity index (χ3n) is 3.10. The second kappa shape index (κ2) is 5.12. The maximum absolute atomic E-state index is 5.80. The van der Waals surface area contributed by atoms with E-state index in [0.717, 1.165) is 24.6 Å². The van der Waals surface area contributed by atoms with E-state index in [0.29, 0.717) is 12.6 Å². The molecule has 1 aromatic rings. The van der Waals surface area contributed by atoms with E-state index in [1.807, 2.05) is 13.1 Å². The molecule has 0 saturated carbocycles. The first-order chi connectivity index (χ1) is 7.85. The van der Waals surface area contributed by atoms with Gasteiger partial charge in [0.05, 0.1) is 0 Å². The van der Waals surface area contributed by atoms with Crippen molar-refractivity contribution in [2.75, 3.05) is 30.4 Å². The molecule has 0 unspecified atom stereocenters. The van der Waals surface area contributed by atoms with E-state index >= 15 is 0 Å². The second-order valence-electron chi connectivity index (χ2n) is 4.09. The van der Waals surface area contributed by atoms with Crippen molar-refractivity contribution in [3.63, 3.8) is 0 Å². The van der Waals surface area contributed by atoms with Crippen molar-refractivity contribution in [3.05, 3.63) is 12.4 Å². The summed E-state index contributed by atoms with van der Waals surface area (Å²) in [5, 5.41) is 3.03. The van der Waals surface area contributed by atoms with Crippen LogP contribution in [0.1, 0.15) is 19.3 Å². The van der Waals surface area contributed by atoms with E-state index in [1.54, 1.807) is 6.33 Å². The number of aromatic nitrogens is 2. The Morgan fingerprint density at radius 2 is 2.38 bits per heavy atom. The van der Waals surface area contributed by atoms with Gasteiger partial charge >= 0.3 is 0 Å². The highest BCUT2D eigenvalue weighted by Gasteiger charge is 2.22. The van der Waals surface area contributed by atoms with Gasteiger partial charge in [0.1, 0.15) is 18.0 Å². The number of hydrogen-bond donors (Lipinski definition) is 2. The Kier molecular flexibility index (Phi) is 3.56. The van der Waals surface area contributed by atoms with Crippen LogP contribution in [0.3, 0.4) is 0 Å². The van der Waals surface area contributed by atoms with Crippen molar-refractivity contribution in [1.82, 2.24) is 9.97 Å². The van der Waals surface area contributed by atoms with Crippen molar-refractivity contribution < 1.29 is 0 Å². The summed E-state index contributed by atoms with van der Waals surface area (Å²) in [5.41, 5.74) is 5.80. The number of anilines is 2. The van der Waals surface area contributed by atoms with Gasteiger partial charge in [-0.25, -0.2) is 9.97 Å². The Balaban J connectivity index is 2.20. The van der Waals surface area contributed by atoms with Crippen LogP contribution in [0.2, 0.25) is 0 Å². The topological polar surface area (TPSA) is 67.1 Å². The Morgan fingerprint density at radius 3 is 3.12 bits per heavy atom. The predicted octanol–water partition coefficient (Wildman–Crippen LogP) is 0.836. The first-order valence-corrected chi connectivity index (χ1v) is 5.81. The molecule has 1 aromatic heterocycles. The van der Waals surface area contributed by atoms with Crippen LogP contribution in [0.25, 0.3) is 0 Å². The standard InChI is InChI=1S/C11H19N5/c1-13-10-6-11(15-8-14-10)16-5-3-2-4-9(16)7-12/h6,8-9H,2-5,7,12H2,1H3,(H,13,14,15)/t9-/m1/s1. The van der Waals surface area contributed by atoms with Crippen molar-refractivity contribution in [2.24, 2.45) is 5.73 Å². The third-order valence-corrected chi connectivity index (χ3v) is 3.10. The highest BCUT2D eigenvalue weighted by atomic mass is 15.2. The minimum absolute atomic E-state index is 0.424. The molecule has 0 bridgehead atoms. The Labute approximate surface area is 96.1 Å². The summed E-state index contributed by atoms with van der Waals surface area (Å²) in [4.78, 5) is 10.7. The van der Waals surface area contributed by atoms with Gasteiger partial charge in [0, 0.05) is 32.2 Å². The molecule has 1 fully saturated rings. The zero-order valence-corrected chi connectivity index (χ0v) is 9.69. The molecule has 5 nitrogen and oxygen atoms in total. The average molecular weight is 221 g/mol. The molecule has 1 atom stereocenters. The number of piperidine rings is 1. The molecular weight excluding hydrogens is 202 g/mol. The summed E-state index contributed by atoms with van der Waals surface area (Å²) in [7, 11) is 1.86. The molecular formula is C11H19N5. The first kappa shape index (κ1) is 11.1. The normalized spacial score (nSPS) is 20.9. The van der Waals surface area contributed by atoms with Gasteiger partial charge in [0.25, 0.3) is 0 Å². The molecule has 16 heavy (non-hydrogen) atoms. The Hall–Kier alpha value is -1.36. The minimum Gasteiger partial charge on any atom is -0.373 e. The smallest absolute Gasteiger partial charge is 0.134 e. The van der Waals surface area contributed by atoms with Crippen LogP contribution < -0.4 is 16.0 Å². The predicted molar refractivity (Wildman–Crippen MR) is 65.6 cm³/mol. The molecule has 1 aliphatic heterocycles. The van der Waals surface area contributed by atoms with Gasteiger partial charge in [-0.1, -0.05) is 0 Å². The van der Waals surface area contributed by atoms with Crippen LogP contribution >= 0.6 is 0 Å². The zero-order valence-electron chi connectivity index (χ0n) is 9.69. The fourth-order valence-electron chi connectivity index (χ4n) is 2.19. The van der Waals surface area contributed by atoms with E-state index in [4.69, 9.17) is 5.73 Å². The molecule has 0 aliphatic carbocycles. The lowest BCUT2D eigenvalue weighted by atomic mass is 10.0. The monoisotopic (exact) mass is 221 g/mol. The number of nitrogens with two attached hydrogens (primary N) is 1. The SMILES string of the molecule is CNc1cc(N2CCCC[C@@H]2CN)ncn1. The van der Waals surface area contributed by atoms with Crippen molar-refractivity contribution in [2.45, 2.75) is 25.3 Å². The van der Waals surface area contributed by atoms with Crippen LogP contribution in [-0.2, 0) is 0 Å². The van der Waals surface area contributed by atoms with Gasteiger partial charge in [0.15, 0.2) is 0 Å². The van der Waals surface area contributed by atoms with E-state index in [9.17, 15) is 0 Å². The first-order valence-electron chi connectivity index (χ1n) is 5.81. The molecule has 88 valence electrons. The Bertz CT molecular complexity index is 341.